The van der Waals surface area contributed by atoms with Crippen molar-refractivity contribution in [2.75, 3.05) is 23.4 Å². The SMILES string of the molecule is Cc1ccc(NC(=O)CNC2(C)CCS(=O)(=O)C2)c(Br)c1. The Bertz CT molecular complexity index is 660. The number of hydrogen-bond acceptors (Lipinski definition) is 4. The number of carbonyl (C=O) groups excluding carboxylic acids is 1. The Labute approximate surface area is 133 Å². The van der Waals surface area contributed by atoms with E-state index in [1.807, 2.05) is 32.0 Å². The van der Waals surface area contributed by atoms with E-state index in [1.54, 1.807) is 0 Å². The molecule has 1 unspecified atom stereocenters. The van der Waals surface area contributed by atoms with Crippen LogP contribution < -0.4 is 10.6 Å². The number of anilines is 1. The number of aryl methyl sites for hydroxylation is 1. The highest BCUT2D eigenvalue weighted by Crippen LogP contribution is 2.24. The summed E-state index contributed by atoms with van der Waals surface area (Å²) in [5.74, 6) is 0.0773. The first-order valence-electron chi connectivity index (χ1n) is 6.71. The fourth-order valence-electron chi connectivity index (χ4n) is 2.36. The van der Waals surface area contributed by atoms with Gasteiger partial charge in [-0.25, -0.2) is 8.42 Å². The summed E-state index contributed by atoms with van der Waals surface area (Å²) in [6.45, 7) is 3.90. The summed E-state index contributed by atoms with van der Waals surface area (Å²) in [6, 6.07) is 5.67. The molecule has 1 amide bonds. The van der Waals surface area contributed by atoms with Crippen LogP contribution in [0.2, 0.25) is 0 Å². The Morgan fingerprint density at radius 1 is 1.43 bits per heavy atom. The molecule has 0 saturated carbocycles. The molecule has 1 heterocycles. The van der Waals surface area contributed by atoms with Gasteiger partial charge in [-0.15, -0.1) is 0 Å². The molecule has 1 saturated heterocycles. The molecule has 0 aromatic heterocycles. The average molecular weight is 375 g/mol. The lowest BCUT2D eigenvalue weighted by molar-refractivity contribution is -0.115. The molecule has 1 atom stereocenters. The molecule has 1 fully saturated rings. The van der Waals surface area contributed by atoms with E-state index >= 15 is 0 Å². The van der Waals surface area contributed by atoms with Crippen molar-refractivity contribution in [1.82, 2.24) is 5.32 Å². The van der Waals surface area contributed by atoms with Crippen molar-refractivity contribution in [2.45, 2.75) is 25.8 Å². The van der Waals surface area contributed by atoms with Crippen LogP contribution in [-0.4, -0.2) is 37.9 Å². The van der Waals surface area contributed by atoms with Crippen LogP contribution in [0.15, 0.2) is 22.7 Å². The molecule has 2 N–H and O–H groups in total. The molecule has 5 nitrogen and oxygen atoms in total. The van der Waals surface area contributed by atoms with Crippen LogP contribution in [-0.2, 0) is 14.6 Å². The number of halogens is 1. The number of rotatable bonds is 4. The third-order valence-electron chi connectivity index (χ3n) is 3.58. The fourth-order valence-corrected chi connectivity index (χ4v) is 5.07. The Balaban J connectivity index is 1.91. The van der Waals surface area contributed by atoms with E-state index in [-0.39, 0.29) is 24.0 Å². The van der Waals surface area contributed by atoms with E-state index in [4.69, 9.17) is 0 Å². The van der Waals surface area contributed by atoms with Crippen LogP contribution in [0.3, 0.4) is 0 Å². The molecule has 7 heteroatoms. The highest BCUT2D eigenvalue weighted by molar-refractivity contribution is 9.10. The number of nitrogens with one attached hydrogen (secondary N) is 2. The van der Waals surface area contributed by atoms with Gasteiger partial charge in [0.1, 0.15) is 0 Å². The summed E-state index contributed by atoms with van der Waals surface area (Å²) >= 11 is 3.40. The van der Waals surface area contributed by atoms with Gasteiger partial charge in [0.25, 0.3) is 0 Å². The first-order chi connectivity index (χ1) is 9.69. The van der Waals surface area contributed by atoms with Gasteiger partial charge in [0.15, 0.2) is 9.84 Å². The largest absolute Gasteiger partial charge is 0.324 e. The van der Waals surface area contributed by atoms with Gasteiger partial charge in [-0.1, -0.05) is 6.07 Å². The lowest BCUT2D eigenvalue weighted by atomic mass is 10.0. The standard InChI is InChI=1S/C14H19BrN2O3S/c1-10-3-4-12(11(15)7-10)17-13(18)8-16-14(2)5-6-21(19,20)9-14/h3-4,7,16H,5-6,8-9H2,1-2H3,(H,17,18). The van der Waals surface area contributed by atoms with Crippen molar-refractivity contribution in [2.24, 2.45) is 0 Å². The van der Waals surface area contributed by atoms with Crippen LogP contribution >= 0.6 is 15.9 Å². The topological polar surface area (TPSA) is 75.3 Å². The minimum atomic E-state index is -2.97. The molecule has 0 spiro atoms. The molecule has 1 aliphatic rings. The quantitative estimate of drug-likeness (QED) is 0.843. The maximum Gasteiger partial charge on any atom is 0.238 e. The van der Waals surface area contributed by atoms with E-state index < -0.39 is 15.4 Å². The molecule has 1 aromatic carbocycles. The zero-order valence-corrected chi connectivity index (χ0v) is 14.5. The van der Waals surface area contributed by atoms with Gasteiger partial charge in [-0.05, 0) is 53.9 Å². The predicted octanol–water partition coefficient (Wildman–Crippen LogP) is 1.86. The van der Waals surface area contributed by atoms with Gasteiger partial charge in [0, 0.05) is 10.0 Å². The van der Waals surface area contributed by atoms with Crippen molar-refractivity contribution in [3.05, 3.63) is 28.2 Å². The average Bonchev–Trinajstić information content (AvgIpc) is 2.65. The predicted molar refractivity (Wildman–Crippen MR) is 87.2 cm³/mol. The first-order valence-corrected chi connectivity index (χ1v) is 9.32. The molecule has 0 radical (unpaired) electrons. The third-order valence-corrected chi connectivity index (χ3v) is 6.14. The summed E-state index contributed by atoms with van der Waals surface area (Å²) in [4.78, 5) is 12.0. The molecule has 21 heavy (non-hydrogen) atoms. The van der Waals surface area contributed by atoms with Gasteiger partial charge in [-0.2, -0.15) is 0 Å². The Morgan fingerprint density at radius 3 is 2.71 bits per heavy atom. The van der Waals surface area contributed by atoms with E-state index in [0.29, 0.717) is 12.1 Å². The number of sulfone groups is 1. The zero-order valence-electron chi connectivity index (χ0n) is 12.1. The van der Waals surface area contributed by atoms with Gasteiger partial charge in [-0.3, -0.25) is 4.79 Å². The lowest BCUT2D eigenvalue weighted by Gasteiger charge is -2.23. The number of hydrogen-bond donors (Lipinski definition) is 2. The molecule has 1 aliphatic heterocycles. The second-order valence-electron chi connectivity index (χ2n) is 5.79. The fraction of sp³-hybridized carbons (Fsp3) is 0.500. The Hall–Kier alpha value is -0.920. The van der Waals surface area contributed by atoms with Gasteiger partial charge >= 0.3 is 0 Å². The molecular formula is C14H19BrN2O3S. The molecule has 0 aliphatic carbocycles. The molecule has 1 aromatic rings. The second kappa shape index (κ2) is 6.06. The third kappa shape index (κ3) is 4.52. The van der Waals surface area contributed by atoms with Crippen LogP contribution in [0.4, 0.5) is 5.69 Å². The molecule has 0 bridgehead atoms. The van der Waals surface area contributed by atoms with Gasteiger partial charge < -0.3 is 10.6 Å². The van der Waals surface area contributed by atoms with Crippen LogP contribution in [0.1, 0.15) is 18.9 Å². The maximum atomic E-state index is 12.0. The van der Waals surface area contributed by atoms with Crippen molar-refractivity contribution < 1.29 is 13.2 Å². The van der Waals surface area contributed by atoms with E-state index in [1.165, 1.54) is 0 Å². The number of amides is 1. The van der Waals surface area contributed by atoms with Crippen molar-refractivity contribution in [3.8, 4) is 0 Å². The Morgan fingerprint density at radius 2 is 2.14 bits per heavy atom. The summed E-state index contributed by atoms with van der Waals surface area (Å²) < 4.78 is 23.8. The minimum Gasteiger partial charge on any atom is -0.324 e. The van der Waals surface area contributed by atoms with Gasteiger partial charge in [0.05, 0.1) is 23.7 Å². The van der Waals surface area contributed by atoms with Crippen molar-refractivity contribution in [1.29, 1.82) is 0 Å². The molecular weight excluding hydrogens is 356 g/mol. The summed E-state index contributed by atoms with van der Waals surface area (Å²) in [5.41, 5.74) is 1.29. The van der Waals surface area contributed by atoms with Crippen molar-refractivity contribution >= 4 is 37.4 Å². The smallest absolute Gasteiger partial charge is 0.238 e. The second-order valence-corrected chi connectivity index (χ2v) is 8.83. The lowest BCUT2D eigenvalue weighted by Crippen LogP contribution is -2.46. The van der Waals surface area contributed by atoms with E-state index in [2.05, 4.69) is 26.6 Å². The van der Waals surface area contributed by atoms with Crippen LogP contribution in [0.5, 0.6) is 0 Å². The highest BCUT2D eigenvalue weighted by atomic mass is 79.9. The zero-order chi connectivity index (χ0) is 15.7. The summed E-state index contributed by atoms with van der Waals surface area (Å²) in [7, 11) is -2.97. The van der Waals surface area contributed by atoms with E-state index in [0.717, 1.165) is 10.0 Å². The monoisotopic (exact) mass is 374 g/mol. The summed E-state index contributed by atoms with van der Waals surface area (Å²) in [5, 5.41) is 5.86. The van der Waals surface area contributed by atoms with Crippen LogP contribution in [0, 0.1) is 6.92 Å². The van der Waals surface area contributed by atoms with E-state index in [9.17, 15) is 13.2 Å². The Kier molecular flexibility index (Phi) is 4.75. The van der Waals surface area contributed by atoms with Crippen molar-refractivity contribution in [3.63, 3.8) is 0 Å². The normalized spacial score (nSPS) is 24.0. The summed E-state index contributed by atoms with van der Waals surface area (Å²) in [6.07, 6.45) is 0.539. The number of benzene rings is 1. The molecule has 116 valence electrons. The van der Waals surface area contributed by atoms with Crippen LogP contribution in [0.25, 0.3) is 0 Å². The van der Waals surface area contributed by atoms with Gasteiger partial charge in [0.2, 0.25) is 5.91 Å². The number of carbonyl (C=O) groups is 1. The molecule has 2 rings (SSSR count). The first kappa shape index (κ1) is 16.5. The maximum absolute atomic E-state index is 12.0. The minimum absolute atomic E-state index is 0.0848. The highest BCUT2D eigenvalue weighted by Gasteiger charge is 2.38.